The van der Waals surface area contributed by atoms with Gasteiger partial charge in [-0.15, -0.1) is 0 Å². The minimum Gasteiger partial charge on any atom is -0.384 e. The van der Waals surface area contributed by atoms with Gasteiger partial charge in [-0.25, -0.2) is 9.97 Å². The zero-order valence-corrected chi connectivity index (χ0v) is 21.3. The zero-order chi connectivity index (χ0) is 25.6. The molecule has 0 amide bonds. The van der Waals surface area contributed by atoms with Gasteiger partial charge in [0, 0.05) is 36.5 Å². The summed E-state index contributed by atoms with van der Waals surface area (Å²) in [5, 5.41) is 26.9. The lowest BCUT2D eigenvalue weighted by Gasteiger charge is -2.41. The molecule has 1 saturated carbocycles. The largest absolute Gasteiger partial charge is 0.384 e. The first-order chi connectivity index (χ1) is 17.9. The molecule has 2 fully saturated rings. The SMILES string of the molecule is CCC1(O)CCc2ccc(Nc3nc(Nc4ccc(N5CCN(C)C6(CC6)C5)cc4)ncc3C#N)nc21. The zero-order valence-electron chi connectivity index (χ0n) is 21.3. The summed E-state index contributed by atoms with van der Waals surface area (Å²) in [4.78, 5) is 18.5. The van der Waals surface area contributed by atoms with Crippen LogP contribution in [0.1, 0.15) is 49.4 Å². The second-order valence-electron chi connectivity index (χ2n) is 10.5. The highest BCUT2D eigenvalue weighted by Gasteiger charge is 2.49. The number of hydrogen-bond acceptors (Lipinski definition) is 9. The molecule has 1 atom stereocenters. The molecule has 6 rings (SSSR count). The number of likely N-dealkylation sites (N-methyl/N-ethyl adjacent to an activating group) is 1. The normalized spacial score (nSPS) is 21.9. The van der Waals surface area contributed by atoms with E-state index < -0.39 is 5.60 Å². The predicted octanol–water partition coefficient (Wildman–Crippen LogP) is 4.06. The number of fused-ring (bicyclic) bond motifs is 1. The van der Waals surface area contributed by atoms with E-state index in [1.54, 1.807) is 0 Å². The number of aryl methyl sites for hydroxylation is 1. The van der Waals surface area contributed by atoms with Gasteiger partial charge in [0.15, 0.2) is 5.82 Å². The summed E-state index contributed by atoms with van der Waals surface area (Å²) >= 11 is 0. The van der Waals surface area contributed by atoms with E-state index in [-0.39, 0.29) is 0 Å². The Labute approximate surface area is 217 Å². The Bertz CT molecular complexity index is 1360. The van der Waals surface area contributed by atoms with Crippen LogP contribution in [-0.4, -0.2) is 57.2 Å². The van der Waals surface area contributed by atoms with Gasteiger partial charge < -0.3 is 20.6 Å². The van der Waals surface area contributed by atoms with Gasteiger partial charge in [0.1, 0.15) is 23.1 Å². The molecule has 190 valence electrons. The molecule has 0 bridgehead atoms. The number of aromatic nitrogens is 3. The van der Waals surface area contributed by atoms with Crippen molar-refractivity contribution in [2.75, 3.05) is 42.2 Å². The van der Waals surface area contributed by atoms with Gasteiger partial charge in [0.2, 0.25) is 5.95 Å². The summed E-state index contributed by atoms with van der Waals surface area (Å²) in [5.41, 5.74) is 3.65. The van der Waals surface area contributed by atoms with E-state index >= 15 is 0 Å². The van der Waals surface area contributed by atoms with E-state index in [1.165, 1.54) is 24.7 Å². The van der Waals surface area contributed by atoms with Gasteiger partial charge in [-0.05, 0) is 75.0 Å². The van der Waals surface area contributed by atoms with Crippen LogP contribution in [0.5, 0.6) is 0 Å². The van der Waals surface area contributed by atoms with E-state index in [1.807, 2.05) is 31.2 Å². The standard InChI is InChI=1S/C28H32N8O/c1-3-28(37)11-10-19-4-9-23(32-24(19)28)33-25-20(16-29)17-30-26(34-25)31-21-5-7-22(8-6-21)36-15-14-35(2)27(18-36)12-13-27/h4-9,17,37H,3,10-15,18H2,1-2H3,(H2,30,31,32,33,34). The van der Waals surface area contributed by atoms with Crippen LogP contribution in [0, 0.1) is 11.3 Å². The van der Waals surface area contributed by atoms with Crippen LogP contribution in [0.2, 0.25) is 0 Å². The average Bonchev–Trinajstić information content (AvgIpc) is 3.62. The van der Waals surface area contributed by atoms with Crippen LogP contribution >= 0.6 is 0 Å². The number of hydrogen-bond donors (Lipinski definition) is 3. The van der Waals surface area contributed by atoms with Crippen LogP contribution in [0.3, 0.4) is 0 Å². The second-order valence-corrected chi connectivity index (χ2v) is 10.5. The molecule has 0 radical (unpaired) electrons. The molecule has 9 heteroatoms. The molecular weight excluding hydrogens is 464 g/mol. The first-order valence-electron chi connectivity index (χ1n) is 13.0. The van der Waals surface area contributed by atoms with Gasteiger partial charge in [0.25, 0.3) is 0 Å². The second kappa shape index (κ2) is 8.98. The number of benzene rings is 1. The van der Waals surface area contributed by atoms with Crippen molar-refractivity contribution in [3.8, 4) is 6.07 Å². The summed E-state index contributed by atoms with van der Waals surface area (Å²) < 4.78 is 0. The number of nitrogens with zero attached hydrogens (tertiary/aromatic N) is 6. The number of pyridine rings is 1. The summed E-state index contributed by atoms with van der Waals surface area (Å²) in [7, 11) is 2.24. The van der Waals surface area contributed by atoms with Crippen molar-refractivity contribution in [1.82, 2.24) is 19.9 Å². The lowest BCUT2D eigenvalue weighted by Crippen LogP contribution is -2.53. The van der Waals surface area contributed by atoms with E-state index in [0.29, 0.717) is 47.2 Å². The molecule has 3 heterocycles. The molecule has 1 unspecified atom stereocenters. The van der Waals surface area contributed by atoms with Crippen molar-refractivity contribution in [1.29, 1.82) is 5.26 Å². The summed E-state index contributed by atoms with van der Waals surface area (Å²) in [5.74, 6) is 1.30. The first kappa shape index (κ1) is 23.6. The smallest absolute Gasteiger partial charge is 0.229 e. The monoisotopic (exact) mass is 496 g/mol. The molecule has 1 aliphatic heterocycles. The number of aliphatic hydroxyl groups is 1. The summed E-state index contributed by atoms with van der Waals surface area (Å²) in [6, 6.07) is 14.3. The van der Waals surface area contributed by atoms with Gasteiger partial charge in [-0.1, -0.05) is 13.0 Å². The number of piperazine rings is 1. The third-order valence-electron chi connectivity index (χ3n) is 8.28. The first-order valence-corrected chi connectivity index (χ1v) is 13.0. The quantitative estimate of drug-likeness (QED) is 0.465. The van der Waals surface area contributed by atoms with Crippen molar-refractivity contribution >= 4 is 29.0 Å². The Hall–Kier alpha value is -3.74. The Morgan fingerprint density at radius 2 is 1.86 bits per heavy atom. The molecule has 37 heavy (non-hydrogen) atoms. The Morgan fingerprint density at radius 3 is 2.59 bits per heavy atom. The van der Waals surface area contributed by atoms with Crippen LogP contribution in [0.4, 0.5) is 29.0 Å². The van der Waals surface area contributed by atoms with Gasteiger partial charge >= 0.3 is 0 Å². The Balaban J connectivity index is 1.18. The van der Waals surface area contributed by atoms with Gasteiger partial charge in [-0.3, -0.25) is 4.90 Å². The van der Waals surface area contributed by atoms with E-state index in [0.717, 1.165) is 37.3 Å². The van der Waals surface area contributed by atoms with Crippen molar-refractivity contribution in [2.45, 2.75) is 50.2 Å². The maximum atomic E-state index is 10.9. The molecule has 3 N–H and O–H groups in total. The third-order valence-corrected chi connectivity index (χ3v) is 8.28. The number of anilines is 5. The molecular formula is C28H32N8O. The lowest BCUT2D eigenvalue weighted by molar-refractivity contribution is 0.0307. The highest BCUT2D eigenvalue weighted by molar-refractivity contribution is 5.65. The fourth-order valence-corrected chi connectivity index (χ4v) is 5.56. The number of rotatable bonds is 6. The number of nitrogens with one attached hydrogen (secondary N) is 2. The van der Waals surface area contributed by atoms with Crippen molar-refractivity contribution < 1.29 is 5.11 Å². The topological polar surface area (TPSA) is 113 Å². The Morgan fingerprint density at radius 1 is 1.05 bits per heavy atom. The fraction of sp³-hybridized carbons (Fsp3) is 0.429. The number of nitriles is 1. The predicted molar refractivity (Wildman–Crippen MR) is 143 cm³/mol. The third kappa shape index (κ3) is 4.37. The van der Waals surface area contributed by atoms with E-state index in [4.69, 9.17) is 0 Å². The molecule has 9 nitrogen and oxygen atoms in total. The lowest BCUT2D eigenvalue weighted by atomic mass is 9.98. The molecule has 1 spiro atoms. The molecule has 2 aromatic heterocycles. The maximum absolute atomic E-state index is 10.9. The minimum absolute atomic E-state index is 0.318. The van der Waals surface area contributed by atoms with Crippen LogP contribution in [0.15, 0.2) is 42.6 Å². The summed E-state index contributed by atoms with van der Waals surface area (Å²) in [6.45, 7) is 5.17. The van der Waals surface area contributed by atoms with Crippen LogP contribution in [-0.2, 0) is 12.0 Å². The van der Waals surface area contributed by atoms with Gasteiger partial charge in [0.05, 0.1) is 11.9 Å². The van der Waals surface area contributed by atoms with Crippen molar-refractivity contribution in [2.24, 2.45) is 0 Å². The fourth-order valence-electron chi connectivity index (χ4n) is 5.56. The maximum Gasteiger partial charge on any atom is 0.229 e. The summed E-state index contributed by atoms with van der Waals surface area (Å²) in [6.07, 6.45) is 6.16. The molecule has 3 aliphatic rings. The van der Waals surface area contributed by atoms with Crippen LogP contribution < -0.4 is 15.5 Å². The molecule has 2 aliphatic carbocycles. The molecule has 1 aromatic carbocycles. The highest BCUT2D eigenvalue weighted by Crippen LogP contribution is 2.44. The van der Waals surface area contributed by atoms with Gasteiger partial charge in [-0.2, -0.15) is 10.2 Å². The minimum atomic E-state index is -0.904. The average molecular weight is 497 g/mol. The molecule has 3 aromatic rings. The van der Waals surface area contributed by atoms with Crippen molar-refractivity contribution in [3.63, 3.8) is 0 Å². The van der Waals surface area contributed by atoms with E-state index in [9.17, 15) is 10.4 Å². The Kier molecular flexibility index (Phi) is 5.74. The molecule has 1 saturated heterocycles. The van der Waals surface area contributed by atoms with Crippen LogP contribution in [0.25, 0.3) is 0 Å². The van der Waals surface area contributed by atoms with E-state index in [2.05, 4.69) is 60.6 Å². The van der Waals surface area contributed by atoms with Crippen molar-refractivity contribution in [3.05, 3.63) is 59.4 Å². The highest BCUT2D eigenvalue weighted by atomic mass is 16.3.